The second-order valence-electron chi connectivity index (χ2n) is 5.13. The summed E-state index contributed by atoms with van der Waals surface area (Å²) in [6.45, 7) is 0. The van der Waals surface area contributed by atoms with Gasteiger partial charge in [0.05, 0.1) is 23.7 Å². The van der Waals surface area contributed by atoms with Crippen molar-refractivity contribution in [3.8, 4) is 0 Å². The fourth-order valence-corrected chi connectivity index (χ4v) is 3.04. The van der Waals surface area contributed by atoms with Gasteiger partial charge in [0.2, 0.25) is 5.91 Å². The van der Waals surface area contributed by atoms with Crippen molar-refractivity contribution in [3.63, 3.8) is 0 Å². The van der Waals surface area contributed by atoms with Crippen LogP contribution in [0.5, 0.6) is 0 Å². The zero-order valence-corrected chi connectivity index (χ0v) is 12.3. The highest BCUT2D eigenvalue weighted by Gasteiger charge is 2.37. The van der Waals surface area contributed by atoms with E-state index in [0.29, 0.717) is 24.9 Å². The van der Waals surface area contributed by atoms with Crippen LogP contribution < -0.4 is 5.32 Å². The number of aliphatic carboxylic acids is 1. The summed E-state index contributed by atoms with van der Waals surface area (Å²) >= 11 is 0. The molecule has 2 rings (SSSR count). The van der Waals surface area contributed by atoms with Crippen molar-refractivity contribution in [1.82, 2.24) is 4.98 Å². The molecule has 2 unspecified atom stereocenters. The van der Waals surface area contributed by atoms with Crippen LogP contribution in [0.15, 0.2) is 23.4 Å². The zero-order chi connectivity index (χ0) is 15.6. The van der Waals surface area contributed by atoms with Gasteiger partial charge in [-0.15, -0.1) is 0 Å². The number of pyridine rings is 1. The van der Waals surface area contributed by atoms with E-state index in [4.69, 9.17) is 5.11 Å². The van der Waals surface area contributed by atoms with Gasteiger partial charge < -0.3 is 10.4 Å². The third-order valence-electron chi connectivity index (χ3n) is 3.55. The minimum Gasteiger partial charge on any atom is -0.481 e. The number of carbonyl (C=O) groups excluding carboxylic acids is 1. The molecule has 8 heteroatoms. The van der Waals surface area contributed by atoms with Gasteiger partial charge in [-0.1, -0.05) is 6.42 Å². The van der Waals surface area contributed by atoms with Crippen LogP contribution in [0, 0.1) is 11.8 Å². The Hall–Kier alpha value is -1.96. The summed E-state index contributed by atoms with van der Waals surface area (Å²) in [7, 11) is -3.39. The first kappa shape index (κ1) is 15.4. The summed E-state index contributed by atoms with van der Waals surface area (Å²) < 4.78 is 22.6. The van der Waals surface area contributed by atoms with Crippen LogP contribution in [0.4, 0.5) is 5.69 Å². The van der Waals surface area contributed by atoms with Gasteiger partial charge in [0, 0.05) is 6.26 Å². The largest absolute Gasteiger partial charge is 0.481 e. The molecule has 0 radical (unpaired) electrons. The molecule has 0 saturated heterocycles. The number of carboxylic acid groups (broad SMARTS) is 1. The van der Waals surface area contributed by atoms with Gasteiger partial charge in [-0.2, -0.15) is 0 Å². The molecule has 2 atom stereocenters. The molecule has 1 aromatic heterocycles. The molecule has 1 fully saturated rings. The Balaban J connectivity index is 2.08. The van der Waals surface area contributed by atoms with Crippen LogP contribution in [0.2, 0.25) is 0 Å². The Bertz CT molecular complexity index is 654. The number of carbonyl (C=O) groups is 2. The SMILES string of the molecule is CS(=O)(=O)c1ccc(NC(=O)C2CCCC2C(=O)O)cn1. The molecule has 0 aromatic carbocycles. The van der Waals surface area contributed by atoms with E-state index in [1.54, 1.807) is 0 Å². The number of nitrogens with one attached hydrogen (secondary N) is 1. The molecule has 1 aromatic rings. The Labute approximate surface area is 122 Å². The predicted octanol–water partition coefficient (Wildman–Crippen LogP) is 0.925. The summed E-state index contributed by atoms with van der Waals surface area (Å²) in [4.78, 5) is 26.9. The molecule has 1 aliphatic carbocycles. The van der Waals surface area contributed by atoms with Gasteiger partial charge in [-0.25, -0.2) is 13.4 Å². The number of sulfone groups is 1. The lowest BCUT2D eigenvalue weighted by Crippen LogP contribution is -2.30. The first-order valence-corrected chi connectivity index (χ1v) is 8.38. The van der Waals surface area contributed by atoms with Crippen LogP contribution in [0.3, 0.4) is 0 Å². The molecular weight excluding hydrogens is 296 g/mol. The van der Waals surface area contributed by atoms with Gasteiger partial charge in [0.1, 0.15) is 0 Å². The second-order valence-corrected chi connectivity index (χ2v) is 7.09. The number of aromatic nitrogens is 1. The number of amides is 1. The normalized spacial score (nSPS) is 22.0. The molecule has 2 N–H and O–H groups in total. The van der Waals surface area contributed by atoms with E-state index >= 15 is 0 Å². The Morgan fingerprint density at radius 1 is 1.29 bits per heavy atom. The van der Waals surface area contributed by atoms with Crippen LogP contribution in [0.25, 0.3) is 0 Å². The maximum absolute atomic E-state index is 12.1. The van der Waals surface area contributed by atoms with Crippen LogP contribution in [-0.2, 0) is 19.4 Å². The molecule has 0 spiro atoms. The maximum atomic E-state index is 12.1. The Morgan fingerprint density at radius 3 is 2.48 bits per heavy atom. The maximum Gasteiger partial charge on any atom is 0.307 e. The minimum absolute atomic E-state index is 0.0789. The van der Waals surface area contributed by atoms with Crippen molar-refractivity contribution in [3.05, 3.63) is 18.3 Å². The topological polar surface area (TPSA) is 113 Å². The summed E-state index contributed by atoms with van der Waals surface area (Å²) in [6, 6.07) is 2.74. The highest BCUT2D eigenvalue weighted by molar-refractivity contribution is 7.90. The van der Waals surface area contributed by atoms with Crippen molar-refractivity contribution in [2.45, 2.75) is 24.3 Å². The molecule has 1 aliphatic rings. The molecule has 0 aliphatic heterocycles. The van der Waals surface area contributed by atoms with E-state index in [0.717, 1.165) is 6.26 Å². The van der Waals surface area contributed by atoms with Crippen molar-refractivity contribution >= 4 is 27.4 Å². The third-order valence-corrected chi connectivity index (χ3v) is 4.55. The average Bonchev–Trinajstić information content (AvgIpc) is 2.87. The van der Waals surface area contributed by atoms with Crippen molar-refractivity contribution in [1.29, 1.82) is 0 Å². The molecule has 21 heavy (non-hydrogen) atoms. The van der Waals surface area contributed by atoms with Gasteiger partial charge >= 0.3 is 5.97 Å². The van der Waals surface area contributed by atoms with Gasteiger partial charge in [0.25, 0.3) is 0 Å². The van der Waals surface area contributed by atoms with E-state index in [1.807, 2.05) is 0 Å². The summed E-state index contributed by atoms with van der Waals surface area (Å²) in [6.07, 6.45) is 4.04. The molecule has 1 heterocycles. The summed E-state index contributed by atoms with van der Waals surface area (Å²) in [5.74, 6) is -2.54. The zero-order valence-electron chi connectivity index (χ0n) is 11.4. The average molecular weight is 312 g/mol. The lowest BCUT2D eigenvalue weighted by atomic mass is 9.95. The number of hydrogen-bond acceptors (Lipinski definition) is 5. The van der Waals surface area contributed by atoms with Crippen molar-refractivity contribution < 1.29 is 23.1 Å². The van der Waals surface area contributed by atoms with E-state index in [1.165, 1.54) is 18.3 Å². The van der Waals surface area contributed by atoms with Crippen LogP contribution in [0.1, 0.15) is 19.3 Å². The molecule has 1 amide bonds. The highest BCUT2D eigenvalue weighted by atomic mass is 32.2. The van der Waals surface area contributed by atoms with E-state index < -0.39 is 27.6 Å². The van der Waals surface area contributed by atoms with Gasteiger partial charge in [-0.3, -0.25) is 9.59 Å². The number of nitrogens with zero attached hydrogens (tertiary/aromatic N) is 1. The number of hydrogen-bond donors (Lipinski definition) is 2. The predicted molar refractivity (Wildman–Crippen MR) is 74.4 cm³/mol. The molecule has 0 bridgehead atoms. The van der Waals surface area contributed by atoms with Crippen LogP contribution >= 0.6 is 0 Å². The Kier molecular flexibility index (Phi) is 4.26. The third kappa shape index (κ3) is 3.57. The second kappa shape index (κ2) is 5.80. The lowest BCUT2D eigenvalue weighted by Gasteiger charge is -2.15. The lowest BCUT2D eigenvalue weighted by molar-refractivity contribution is -0.145. The monoisotopic (exact) mass is 312 g/mol. The van der Waals surface area contributed by atoms with Crippen molar-refractivity contribution in [2.75, 3.05) is 11.6 Å². The standard InChI is InChI=1S/C13H16N2O5S/c1-21(19,20)11-6-5-8(7-14-11)15-12(16)9-3-2-4-10(9)13(17)18/h5-7,9-10H,2-4H2,1H3,(H,15,16)(H,17,18). The van der Waals surface area contributed by atoms with Gasteiger partial charge in [0.15, 0.2) is 14.9 Å². The molecular formula is C13H16N2O5S. The quantitative estimate of drug-likeness (QED) is 0.854. The summed E-state index contributed by atoms with van der Waals surface area (Å²) in [5, 5.41) is 11.6. The van der Waals surface area contributed by atoms with E-state index in [-0.39, 0.29) is 10.9 Å². The molecule has 114 valence electrons. The van der Waals surface area contributed by atoms with Crippen molar-refractivity contribution in [2.24, 2.45) is 11.8 Å². The Morgan fingerprint density at radius 2 is 1.95 bits per heavy atom. The van der Waals surface area contributed by atoms with Crippen LogP contribution in [-0.4, -0.2) is 36.6 Å². The molecule has 1 saturated carbocycles. The van der Waals surface area contributed by atoms with E-state index in [9.17, 15) is 18.0 Å². The minimum atomic E-state index is -3.39. The first-order chi connectivity index (χ1) is 9.79. The number of rotatable bonds is 4. The first-order valence-electron chi connectivity index (χ1n) is 6.49. The van der Waals surface area contributed by atoms with Gasteiger partial charge in [-0.05, 0) is 25.0 Å². The fourth-order valence-electron chi connectivity index (χ4n) is 2.48. The van der Waals surface area contributed by atoms with E-state index in [2.05, 4.69) is 10.3 Å². The summed E-state index contributed by atoms with van der Waals surface area (Å²) in [5.41, 5.74) is 0.350. The highest BCUT2D eigenvalue weighted by Crippen LogP contribution is 2.32. The fraction of sp³-hybridized carbons (Fsp3) is 0.462. The number of carboxylic acids is 1. The smallest absolute Gasteiger partial charge is 0.307 e. The molecule has 7 nitrogen and oxygen atoms in total. The number of anilines is 1.